The Morgan fingerprint density at radius 3 is 2.43 bits per heavy atom. The van der Waals surface area contributed by atoms with Gasteiger partial charge < -0.3 is 14.4 Å². The smallest absolute Gasteiger partial charge is 0.310 e. The van der Waals surface area contributed by atoms with Crippen molar-refractivity contribution in [1.29, 1.82) is 0 Å². The maximum Gasteiger partial charge on any atom is 0.310 e. The Morgan fingerprint density at radius 2 is 1.75 bits per heavy atom. The minimum atomic E-state index is -0.415. The number of hydrogen-bond acceptors (Lipinski definition) is 4. The van der Waals surface area contributed by atoms with Gasteiger partial charge in [-0.3, -0.25) is 9.59 Å². The van der Waals surface area contributed by atoms with Gasteiger partial charge in [0.05, 0.1) is 19.6 Å². The third-order valence-corrected chi connectivity index (χ3v) is 4.25. The lowest BCUT2D eigenvalue weighted by atomic mass is 10.1. The molecule has 0 radical (unpaired) electrons. The molecule has 1 atom stereocenters. The number of esters is 1. The van der Waals surface area contributed by atoms with E-state index >= 15 is 0 Å². The predicted octanol–water partition coefficient (Wildman–Crippen LogP) is 3.94. The molecule has 0 fully saturated rings. The maximum atomic E-state index is 12.9. The summed E-state index contributed by atoms with van der Waals surface area (Å²) in [5.41, 5.74) is 1.83. The van der Waals surface area contributed by atoms with Crippen molar-refractivity contribution in [2.75, 3.05) is 20.3 Å². The summed E-state index contributed by atoms with van der Waals surface area (Å²) in [5, 5.41) is 0. The van der Waals surface area contributed by atoms with Gasteiger partial charge >= 0.3 is 5.97 Å². The molecular formula is C23H27NO4. The van der Waals surface area contributed by atoms with Gasteiger partial charge in [0.15, 0.2) is 0 Å². The molecule has 0 aliphatic rings. The Bertz CT molecular complexity index is 801. The Kier molecular flexibility index (Phi) is 8.28. The van der Waals surface area contributed by atoms with Crippen LogP contribution in [-0.2, 0) is 20.9 Å². The largest absolute Gasteiger partial charge is 0.493 e. The Morgan fingerprint density at radius 1 is 1.07 bits per heavy atom. The molecule has 2 aromatic rings. The topological polar surface area (TPSA) is 55.8 Å². The molecule has 0 spiro atoms. The van der Waals surface area contributed by atoms with Crippen LogP contribution in [0.2, 0.25) is 0 Å². The van der Waals surface area contributed by atoms with Crippen molar-refractivity contribution in [2.45, 2.75) is 20.4 Å². The second-order valence-electron chi connectivity index (χ2n) is 6.43. The molecule has 0 aliphatic heterocycles. The van der Waals surface area contributed by atoms with Crippen molar-refractivity contribution in [3.8, 4) is 5.75 Å². The fraction of sp³-hybridized carbons (Fsp3) is 0.304. The molecule has 1 amide bonds. The summed E-state index contributed by atoms with van der Waals surface area (Å²) in [6.07, 6.45) is 3.26. The minimum absolute atomic E-state index is 0.175. The number of nitrogens with zero attached hydrogens (tertiary/aromatic N) is 1. The zero-order valence-corrected chi connectivity index (χ0v) is 16.6. The summed E-state index contributed by atoms with van der Waals surface area (Å²) >= 11 is 0. The standard InChI is InChI=1S/C23H27NO4/c1-4-28-21-13-9-8-12-20(21)14-15-22(25)24(16-18(2)23(26)27-3)17-19-10-6-5-7-11-19/h5-15,18H,4,16-17H2,1-3H3/b15-14+. The van der Waals surface area contributed by atoms with Gasteiger partial charge in [0.25, 0.3) is 0 Å². The van der Waals surface area contributed by atoms with E-state index in [-0.39, 0.29) is 18.4 Å². The third-order valence-electron chi connectivity index (χ3n) is 4.25. The number of carbonyl (C=O) groups excluding carboxylic acids is 2. The molecule has 2 aromatic carbocycles. The first kappa shape index (κ1) is 21.2. The van der Waals surface area contributed by atoms with E-state index < -0.39 is 5.92 Å². The number of hydrogen-bond donors (Lipinski definition) is 0. The number of methoxy groups -OCH3 is 1. The molecule has 28 heavy (non-hydrogen) atoms. The average molecular weight is 381 g/mol. The number of benzene rings is 2. The van der Waals surface area contributed by atoms with Gasteiger partial charge in [0.2, 0.25) is 5.91 Å². The van der Waals surface area contributed by atoms with Gasteiger partial charge in [0, 0.05) is 24.7 Å². The molecule has 2 rings (SSSR count). The molecule has 1 unspecified atom stereocenters. The number of amides is 1. The highest BCUT2D eigenvalue weighted by atomic mass is 16.5. The first-order valence-electron chi connectivity index (χ1n) is 9.35. The van der Waals surface area contributed by atoms with Crippen molar-refractivity contribution in [3.05, 3.63) is 71.8 Å². The van der Waals surface area contributed by atoms with Crippen LogP contribution in [0.25, 0.3) is 6.08 Å². The van der Waals surface area contributed by atoms with Gasteiger partial charge in [-0.25, -0.2) is 0 Å². The maximum absolute atomic E-state index is 12.9. The van der Waals surface area contributed by atoms with E-state index in [0.717, 1.165) is 16.9 Å². The second-order valence-corrected chi connectivity index (χ2v) is 6.43. The molecule has 0 saturated carbocycles. The summed E-state index contributed by atoms with van der Waals surface area (Å²) in [4.78, 5) is 26.4. The number of ether oxygens (including phenoxy) is 2. The number of para-hydroxylation sites is 1. The van der Waals surface area contributed by atoms with Crippen LogP contribution in [0.4, 0.5) is 0 Å². The third kappa shape index (κ3) is 6.27. The molecule has 0 saturated heterocycles. The summed E-state index contributed by atoms with van der Waals surface area (Å²) in [5.74, 6) is -0.198. The summed E-state index contributed by atoms with van der Waals surface area (Å²) in [7, 11) is 1.35. The van der Waals surface area contributed by atoms with Gasteiger partial charge in [-0.2, -0.15) is 0 Å². The molecule has 5 heteroatoms. The molecule has 0 heterocycles. The molecule has 0 N–H and O–H groups in total. The highest BCUT2D eigenvalue weighted by molar-refractivity contribution is 5.92. The second kappa shape index (κ2) is 10.9. The van der Waals surface area contributed by atoms with E-state index in [1.165, 1.54) is 13.2 Å². The van der Waals surface area contributed by atoms with Crippen LogP contribution in [0.15, 0.2) is 60.7 Å². The summed E-state index contributed by atoms with van der Waals surface area (Å²) in [6.45, 7) is 4.92. The first-order valence-corrected chi connectivity index (χ1v) is 9.35. The summed E-state index contributed by atoms with van der Waals surface area (Å²) < 4.78 is 10.4. The quantitative estimate of drug-likeness (QED) is 0.488. The molecular weight excluding hydrogens is 354 g/mol. The minimum Gasteiger partial charge on any atom is -0.493 e. The predicted molar refractivity (Wildman–Crippen MR) is 110 cm³/mol. The van der Waals surface area contributed by atoms with Crippen molar-refractivity contribution in [2.24, 2.45) is 5.92 Å². The van der Waals surface area contributed by atoms with E-state index in [1.54, 1.807) is 17.9 Å². The zero-order chi connectivity index (χ0) is 20.4. The molecule has 148 valence electrons. The normalized spacial score (nSPS) is 11.8. The van der Waals surface area contributed by atoms with Gasteiger partial charge in [-0.1, -0.05) is 55.5 Å². The molecule has 5 nitrogen and oxygen atoms in total. The Hall–Kier alpha value is -3.08. The van der Waals surface area contributed by atoms with E-state index in [1.807, 2.05) is 61.5 Å². The van der Waals surface area contributed by atoms with E-state index in [9.17, 15) is 9.59 Å². The van der Waals surface area contributed by atoms with Crippen LogP contribution in [0, 0.1) is 5.92 Å². The zero-order valence-electron chi connectivity index (χ0n) is 16.6. The lowest BCUT2D eigenvalue weighted by molar-refractivity contribution is -0.146. The average Bonchev–Trinajstić information content (AvgIpc) is 2.72. The van der Waals surface area contributed by atoms with Crippen LogP contribution in [-0.4, -0.2) is 37.0 Å². The van der Waals surface area contributed by atoms with E-state index in [2.05, 4.69) is 0 Å². The van der Waals surface area contributed by atoms with E-state index in [4.69, 9.17) is 9.47 Å². The lowest BCUT2D eigenvalue weighted by Gasteiger charge is -2.24. The van der Waals surface area contributed by atoms with Crippen molar-refractivity contribution < 1.29 is 19.1 Å². The highest BCUT2D eigenvalue weighted by Crippen LogP contribution is 2.20. The van der Waals surface area contributed by atoms with Gasteiger partial charge in [-0.15, -0.1) is 0 Å². The molecule has 0 bridgehead atoms. The van der Waals surface area contributed by atoms with Gasteiger partial charge in [-0.05, 0) is 24.6 Å². The van der Waals surface area contributed by atoms with Crippen LogP contribution in [0.1, 0.15) is 25.0 Å². The van der Waals surface area contributed by atoms with Crippen LogP contribution in [0.5, 0.6) is 5.75 Å². The fourth-order valence-electron chi connectivity index (χ4n) is 2.81. The fourth-order valence-corrected chi connectivity index (χ4v) is 2.81. The first-order chi connectivity index (χ1) is 13.5. The van der Waals surface area contributed by atoms with Gasteiger partial charge in [0.1, 0.15) is 5.75 Å². The van der Waals surface area contributed by atoms with Crippen LogP contribution in [0.3, 0.4) is 0 Å². The SMILES string of the molecule is CCOc1ccccc1/C=C/C(=O)N(Cc1ccccc1)CC(C)C(=O)OC. The molecule has 0 aromatic heterocycles. The van der Waals surface area contributed by atoms with Crippen molar-refractivity contribution in [3.63, 3.8) is 0 Å². The van der Waals surface area contributed by atoms with Crippen LogP contribution >= 0.6 is 0 Å². The summed E-state index contributed by atoms with van der Waals surface area (Å²) in [6, 6.07) is 17.2. The monoisotopic (exact) mass is 381 g/mol. The van der Waals surface area contributed by atoms with Crippen molar-refractivity contribution in [1.82, 2.24) is 4.90 Å². The highest BCUT2D eigenvalue weighted by Gasteiger charge is 2.20. The van der Waals surface area contributed by atoms with E-state index in [0.29, 0.717) is 13.2 Å². The Balaban J connectivity index is 2.19. The van der Waals surface area contributed by atoms with Crippen molar-refractivity contribution >= 4 is 18.0 Å². The number of carbonyl (C=O) groups is 2. The lowest BCUT2D eigenvalue weighted by Crippen LogP contribution is -2.35. The Labute approximate surface area is 166 Å². The number of rotatable bonds is 9. The molecule has 0 aliphatic carbocycles. The van der Waals surface area contributed by atoms with Crippen LogP contribution < -0.4 is 4.74 Å².